The van der Waals surface area contributed by atoms with E-state index in [1.54, 1.807) is 6.08 Å². The summed E-state index contributed by atoms with van der Waals surface area (Å²) in [4.78, 5) is 27.4. The van der Waals surface area contributed by atoms with Crippen molar-refractivity contribution in [1.82, 2.24) is 10.2 Å². The molecule has 2 aliphatic heterocycles. The Balaban J connectivity index is 1.78. The summed E-state index contributed by atoms with van der Waals surface area (Å²) >= 11 is 5.13. The van der Waals surface area contributed by atoms with Crippen molar-refractivity contribution in [3.63, 3.8) is 0 Å². The summed E-state index contributed by atoms with van der Waals surface area (Å²) in [5, 5.41) is 3.09. The molecule has 0 saturated carbocycles. The van der Waals surface area contributed by atoms with Crippen LogP contribution >= 0.6 is 12.2 Å². The standard InChI is InChI=1S/C18H21N3O3S/c1-12-9-13(5-6-15(12)20-7-3-4-8-20)10-14-17(23)21(18(25)19-14)11-16(22)24-2/h5-6,9-10H,3-4,7-8,11H2,1-2H3,(H,19,25)/b14-10-. The molecule has 1 aromatic rings. The molecule has 0 unspecified atom stereocenters. The fourth-order valence-corrected chi connectivity index (χ4v) is 3.41. The van der Waals surface area contributed by atoms with Crippen molar-refractivity contribution >= 4 is 41.0 Å². The van der Waals surface area contributed by atoms with E-state index in [2.05, 4.69) is 34.0 Å². The fourth-order valence-electron chi connectivity index (χ4n) is 3.16. The van der Waals surface area contributed by atoms with Gasteiger partial charge in [-0.3, -0.25) is 14.5 Å². The topological polar surface area (TPSA) is 61.9 Å². The summed E-state index contributed by atoms with van der Waals surface area (Å²) in [6, 6.07) is 6.15. The normalized spacial score (nSPS) is 18.9. The monoisotopic (exact) mass is 359 g/mol. The van der Waals surface area contributed by atoms with Crippen molar-refractivity contribution in [3.05, 3.63) is 35.0 Å². The van der Waals surface area contributed by atoms with Gasteiger partial charge in [0.25, 0.3) is 5.91 Å². The van der Waals surface area contributed by atoms with Crippen LogP contribution in [0.5, 0.6) is 0 Å². The van der Waals surface area contributed by atoms with Crippen molar-refractivity contribution < 1.29 is 14.3 Å². The van der Waals surface area contributed by atoms with E-state index in [0.29, 0.717) is 5.70 Å². The number of amides is 1. The largest absolute Gasteiger partial charge is 0.468 e. The minimum atomic E-state index is -0.510. The molecule has 1 N–H and O–H groups in total. The zero-order valence-corrected chi connectivity index (χ0v) is 15.2. The van der Waals surface area contributed by atoms with Crippen LogP contribution in [0.25, 0.3) is 6.08 Å². The number of thiocarbonyl (C=S) groups is 1. The summed E-state index contributed by atoms with van der Waals surface area (Å²) in [6.45, 7) is 4.08. The zero-order valence-electron chi connectivity index (χ0n) is 14.4. The molecule has 7 heteroatoms. The maximum atomic E-state index is 12.4. The van der Waals surface area contributed by atoms with Gasteiger partial charge in [0.2, 0.25) is 0 Å². The average Bonchev–Trinajstić information content (AvgIpc) is 3.20. The average molecular weight is 359 g/mol. The highest BCUT2D eigenvalue weighted by Crippen LogP contribution is 2.26. The Morgan fingerprint density at radius 2 is 2.08 bits per heavy atom. The molecule has 0 aromatic heterocycles. The maximum Gasteiger partial charge on any atom is 0.325 e. The van der Waals surface area contributed by atoms with E-state index in [1.165, 1.54) is 36.1 Å². The minimum Gasteiger partial charge on any atom is -0.468 e. The molecule has 132 valence electrons. The predicted molar refractivity (Wildman–Crippen MR) is 100 cm³/mol. The lowest BCUT2D eigenvalue weighted by molar-refractivity contribution is -0.143. The molecule has 2 saturated heterocycles. The van der Waals surface area contributed by atoms with Crippen molar-refractivity contribution in [2.45, 2.75) is 19.8 Å². The van der Waals surface area contributed by atoms with Gasteiger partial charge in [-0.1, -0.05) is 6.07 Å². The van der Waals surface area contributed by atoms with Gasteiger partial charge in [-0.25, -0.2) is 0 Å². The molecular weight excluding hydrogens is 338 g/mol. The lowest BCUT2D eigenvalue weighted by Gasteiger charge is -2.20. The molecule has 1 aromatic carbocycles. The number of benzene rings is 1. The molecule has 6 nitrogen and oxygen atoms in total. The van der Waals surface area contributed by atoms with Crippen molar-refractivity contribution in [3.8, 4) is 0 Å². The number of methoxy groups -OCH3 is 1. The predicted octanol–water partition coefficient (Wildman–Crippen LogP) is 1.83. The van der Waals surface area contributed by atoms with Gasteiger partial charge in [0.15, 0.2) is 5.11 Å². The molecule has 1 amide bonds. The van der Waals surface area contributed by atoms with E-state index in [4.69, 9.17) is 12.2 Å². The minimum absolute atomic E-state index is 0.189. The van der Waals surface area contributed by atoms with Crippen molar-refractivity contribution in [1.29, 1.82) is 0 Å². The number of nitrogens with zero attached hydrogens (tertiary/aromatic N) is 2. The third-order valence-corrected chi connectivity index (χ3v) is 4.78. The molecule has 2 aliphatic rings. The zero-order chi connectivity index (χ0) is 18.0. The van der Waals surface area contributed by atoms with E-state index < -0.39 is 5.97 Å². The highest BCUT2D eigenvalue weighted by atomic mass is 32.1. The van der Waals surface area contributed by atoms with E-state index >= 15 is 0 Å². The Morgan fingerprint density at radius 1 is 1.36 bits per heavy atom. The van der Waals surface area contributed by atoms with Gasteiger partial charge in [-0.05, 0) is 61.3 Å². The Labute approximate surface area is 152 Å². The van der Waals surface area contributed by atoms with Gasteiger partial charge in [-0.15, -0.1) is 0 Å². The van der Waals surface area contributed by atoms with Crippen LogP contribution in [0.1, 0.15) is 24.0 Å². The molecule has 0 aliphatic carbocycles. The summed E-state index contributed by atoms with van der Waals surface area (Å²) < 4.78 is 4.60. The Hall–Kier alpha value is -2.41. The third-order valence-electron chi connectivity index (χ3n) is 4.46. The second kappa shape index (κ2) is 7.23. The number of rotatable bonds is 4. The Kier molecular flexibility index (Phi) is 5.03. The second-order valence-corrected chi connectivity index (χ2v) is 6.58. The number of ether oxygens (including phenoxy) is 1. The van der Waals surface area contributed by atoms with Crippen LogP contribution in [0.15, 0.2) is 23.9 Å². The lowest BCUT2D eigenvalue weighted by Crippen LogP contribution is -2.35. The van der Waals surface area contributed by atoms with E-state index in [-0.39, 0.29) is 17.6 Å². The Bertz CT molecular complexity index is 754. The molecule has 0 bridgehead atoms. The van der Waals surface area contributed by atoms with Crippen LogP contribution in [0.3, 0.4) is 0 Å². The number of hydrogen-bond acceptors (Lipinski definition) is 5. The smallest absolute Gasteiger partial charge is 0.325 e. The number of esters is 1. The van der Waals surface area contributed by atoms with E-state index in [9.17, 15) is 9.59 Å². The maximum absolute atomic E-state index is 12.4. The SMILES string of the molecule is COC(=O)CN1C(=O)/C(=C/c2ccc(N3CCCC3)c(C)c2)NC1=S. The molecule has 2 fully saturated rings. The van der Waals surface area contributed by atoms with Gasteiger partial charge >= 0.3 is 5.97 Å². The molecule has 2 heterocycles. The number of anilines is 1. The lowest BCUT2D eigenvalue weighted by atomic mass is 10.1. The van der Waals surface area contributed by atoms with Gasteiger partial charge < -0.3 is 15.0 Å². The van der Waals surface area contributed by atoms with Gasteiger partial charge in [-0.2, -0.15) is 0 Å². The highest BCUT2D eigenvalue weighted by molar-refractivity contribution is 7.80. The number of nitrogens with one attached hydrogen (secondary N) is 1. The number of aryl methyl sites for hydroxylation is 1. The van der Waals surface area contributed by atoms with Crippen LogP contribution < -0.4 is 10.2 Å². The Morgan fingerprint density at radius 3 is 2.72 bits per heavy atom. The third kappa shape index (κ3) is 3.66. The molecule has 0 radical (unpaired) electrons. The fraction of sp³-hybridized carbons (Fsp3) is 0.389. The first-order valence-electron chi connectivity index (χ1n) is 8.26. The molecular formula is C18H21N3O3S. The first-order valence-corrected chi connectivity index (χ1v) is 8.67. The molecule has 25 heavy (non-hydrogen) atoms. The molecule has 3 rings (SSSR count). The van der Waals surface area contributed by atoms with E-state index in [0.717, 1.165) is 18.7 Å². The van der Waals surface area contributed by atoms with Crippen LogP contribution in [0.4, 0.5) is 5.69 Å². The van der Waals surface area contributed by atoms with Crippen LogP contribution in [0, 0.1) is 6.92 Å². The summed E-state index contributed by atoms with van der Waals surface area (Å²) in [5.41, 5.74) is 3.70. The molecule has 0 spiro atoms. The van der Waals surface area contributed by atoms with Gasteiger partial charge in [0.05, 0.1) is 7.11 Å². The second-order valence-electron chi connectivity index (χ2n) is 6.20. The number of carbonyl (C=O) groups excluding carboxylic acids is 2. The van der Waals surface area contributed by atoms with Crippen LogP contribution in [0.2, 0.25) is 0 Å². The van der Waals surface area contributed by atoms with Crippen LogP contribution in [-0.4, -0.2) is 48.6 Å². The van der Waals surface area contributed by atoms with Crippen molar-refractivity contribution in [2.24, 2.45) is 0 Å². The van der Waals surface area contributed by atoms with Gasteiger partial charge in [0, 0.05) is 18.8 Å². The highest BCUT2D eigenvalue weighted by Gasteiger charge is 2.32. The van der Waals surface area contributed by atoms with E-state index in [1.807, 2.05) is 6.07 Å². The first-order chi connectivity index (χ1) is 12.0. The molecule has 0 atom stereocenters. The number of hydrogen-bond donors (Lipinski definition) is 1. The summed E-state index contributed by atoms with van der Waals surface area (Å²) in [6.07, 6.45) is 4.22. The van der Waals surface area contributed by atoms with Crippen molar-refractivity contribution in [2.75, 3.05) is 31.6 Å². The first kappa shape index (κ1) is 17.4. The van der Waals surface area contributed by atoms with Gasteiger partial charge in [0.1, 0.15) is 12.2 Å². The summed E-state index contributed by atoms with van der Waals surface area (Å²) in [5.74, 6) is -0.832. The number of carbonyl (C=O) groups is 2. The van der Waals surface area contributed by atoms with Crippen LogP contribution in [-0.2, 0) is 14.3 Å². The summed E-state index contributed by atoms with van der Waals surface area (Å²) in [7, 11) is 1.28. The quantitative estimate of drug-likeness (QED) is 0.503.